The Morgan fingerprint density at radius 2 is 1.58 bits per heavy atom. The van der Waals surface area contributed by atoms with Crippen LogP contribution >= 0.6 is 0 Å². The van der Waals surface area contributed by atoms with Crippen molar-refractivity contribution in [3.63, 3.8) is 0 Å². The fourth-order valence-corrected chi connectivity index (χ4v) is 4.71. The summed E-state index contributed by atoms with van der Waals surface area (Å²) in [5.74, 6) is -0.362. The lowest BCUT2D eigenvalue weighted by atomic mass is 9.91. The van der Waals surface area contributed by atoms with Crippen LogP contribution in [0, 0.1) is 0 Å². The molecule has 194 valence electrons. The van der Waals surface area contributed by atoms with Crippen molar-refractivity contribution >= 4 is 12.1 Å². The Labute approximate surface area is 215 Å². The zero-order valence-corrected chi connectivity index (χ0v) is 22.1. The van der Waals surface area contributed by atoms with Crippen molar-refractivity contribution in [2.75, 3.05) is 13.2 Å². The summed E-state index contributed by atoms with van der Waals surface area (Å²) in [4.78, 5) is 29.6. The van der Waals surface area contributed by atoms with Crippen molar-refractivity contribution in [1.29, 1.82) is 0 Å². The Hall–Kier alpha value is -3.12. The number of carbonyl (C=O) groups excluding carboxylic acids is 2. The molecule has 6 nitrogen and oxygen atoms in total. The summed E-state index contributed by atoms with van der Waals surface area (Å²) in [5, 5.41) is 0. The fraction of sp³-hybridized carbons (Fsp3) is 0.467. The first-order valence-corrected chi connectivity index (χ1v) is 12.9. The van der Waals surface area contributed by atoms with Gasteiger partial charge in [0.1, 0.15) is 5.60 Å². The van der Waals surface area contributed by atoms with Gasteiger partial charge in [0.05, 0.1) is 12.6 Å². The second-order valence-electron chi connectivity index (χ2n) is 10.2. The molecule has 0 saturated carbocycles. The van der Waals surface area contributed by atoms with E-state index in [-0.39, 0.29) is 24.1 Å². The van der Waals surface area contributed by atoms with Gasteiger partial charge in [-0.05, 0) is 58.1 Å². The first kappa shape index (κ1) is 27.5. The van der Waals surface area contributed by atoms with E-state index >= 15 is 0 Å². The Bertz CT molecular complexity index is 944. The predicted molar refractivity (Wildman–Crippen MR) is 142 cm³/mol. The first-order chi connectivity index (χ1) is 17.3. The number of ether oxygens (including phenoxy) is 2. The molecule has 1 aliphatic rings. The predicted octanol–water partition coefficient (Wildman–Crippen LogP) is 5.97. The zero-order valence-electron chi connectivity index (χ0n) is 22.1. The molecule has 1 saturated heterocycles. The number of esters is 1. The van der Waals surface area contributed by atoms with Crippen LogP contribution in [0.5, 0.6) is 0 Å². The van der Waals surface area contributed by atoms with Gasteiger partial charge in [0.15, 0.2) is 0 Å². The van der Waals surface area contributed by atoms with E-state index in [0.717, 1.165) is 25.9 Å². The van der Waals surface area contributed by atoms with Crippen LogP contribution in [0.4, 0.5) is 4.79 Å². The Morgan fingerprint density at radius 1 is 1.00 bits per heavy atom. The molecule has 2 aromatic carbocycles. The van der Waals surface area contributed by atoms with Gasteiger partial charge in [-0.25, -0.2) is 9.59 Å². The number of hydrogen-bond acceptors (Lipinski definition) is 5. The molecule has 0 aliphatic carbocycles. The Balaban J connectivity index is 1.92. The van der Waals surface area contributed by atoms with Gasteiger partial charge in [-0.3, -0.25) is 4.90 Å². The monoisotopic (exact) mass is 492 g/mol. The van der Waals surface area contributed by atoms with Crippen LogP contribution in [0.15, 0.2) is 72.8 Å². The highest BCUT2D eigenvalue weighted by molar-refractivity contribution is 5.81. The SMILES string of the molecule is CCOC(=O)/C=C/C[C@H]1[C@@H](N(Cc2ccccc2)Cc2ccccc2)CCCN1C(=O)OC(C)(C)C. The second-order valence-corrected chi connectivity index (χ2v) is 10.2. The lowest BCUT2D eigenvalue weighted by Crippen LogP contribution is -2.57. The average Bonchev–Trinajstić information content (AvgIpc) is 2.84. The highest BCUT2D eigenvalue weighted by Crippen LogP contribution is 2.29. The van der Waals surface area contributed by atoms with Crippen molar-refractivity contribution in [3.8, 4) is 0 Å². The molecule has 0 radical (unpaired) electrons. The number of rotatable bonds is 9. The van der Waals surface area contributed by atoms with Crippen LogP contribution in [0.25, 0.3) is 0 Å². The van der Waals surface area contributed by atoms with Gasteiger partial charge in [0.2, 0.25) is 0 Å². The fourth-order valence-electron chi connectivity index (χ4n) is 4.71. The van der Waals surface area contributed by atoms with E-state index < -0.39 is 5.60 Å². The van der Waals surface area contributed by atoms with E-state index in [1.807, 2.05) is 43.9 Å². The van der Waals surface area contributed by atoms with Crippen molar-refractivity contribution < 1.29 is 19.1 Å². The summed E-state index contributed by atoms with van der Waals surface area (Å²) in [7, 11) is 0. The number of piperidine rings is 1. The molecule has 0 unspecified atom stereocenters. The van der Waals surface area contributed by atoms with Crippen molar-refractivity contribution in [1.82, 2.24) is 9.80 Å². The molecule has 3 rings (SSSR count). The van der Waals surface area contributed by atoms with Gasteiger partial charge < -0.3 is 14.4 Å². The van der Waals surface area contributed by atoms with Crippen LogP contribution in [0.3, 0.4) is 0 Å². The van der Waals surface area contributed by atoms with Crippen LogP contribution in [0.2, 0.25) is 0 Å². The van der Waals surface area contributed by atoms with Crippen LogP contribution in [-0.2, 0) is 27.4 Å². The van der Waals surface area contributed by atoms with E-state index in [2.05, 4.69) is 53.4 Å². The molecule has 36 heavy (non-hydrogen) atoms. The lowest BCUT2D eigenvalue weighted by Gasteiger charge is -2.46. The Kier molecular flexibility index (Phi) is 10.1. The minimum Gasteiger partial charge on any atom is -0.463 e. The normalized spacial score (nSPS) is 18.4. The molecule has 6 heteroatoms. The van der Waals surface area contributed by atoms with E-state index in [9.17, 15) is 9.59 Å². The van der Waals surface area contributed by atoms with Crippen LogP contribution in [0.1, 0.15) is 58.1 Å². The quantitative estimate of drug-likeness (QED) is 0.319. The number of hydrogen-bond donors (Lipinski definition) is 0. The summed E-state index contributed by atoms with van der Waals surface area (Å²) < 4.78 is 10.9. The molecule has 0 spiro atoms. The number of amides is 1. The zero-order chi connectivity index (χ0) is 26.0. The molecule has 0 N–H and O–H groups in total. The van der Waals surface area contributed by atoms with Gasteiger partial charge in [-0.2, -0.15) is 0 Å². The highest BCUT2D eigenvalue weighted by Gasteiger charge is 2.38. The third kappa shape index (κ3) is 8.52. The molecule has 1 fully saturated rings. The van der Waals surface area contributed by atoms with Gasteiger partial charge >= 0.3 is 12.1 Å². The van der Waals surface area contributed by atoms with Gasteiger partial charge in [-0.1, -0.05) is 66.7 Å². The summed E-state index contributed by atoms with van der Waals surface area (Å²) in [5.41, 5.74) is 1.87. The van der Waals surface area contributed by atoms with Crippen molar-refractivity contribution in [2.45, 2.75) is 77.7 Å². The molecule has 0 aromatic heterocycles. The summed E-state index contributed by atoms with van der Waals surface area (Å²) in [6.07, 6.45) is 5.39. The van der Waals surface area contributed by atoms with E-state index in [1.165, 1.54) is 17.2 Å². The first-order valence-electron chi connectivity index (χ1n) is 12.9. The van der Waals surface area contributed by atoms with E-state index in [0.29, 0.717) is 19.6 Å². The molecule has 1 aliphatic heterocycles. The number of carbonyl (C=O) groups is 2. The third-order valence-corrected chi connectivity index (χ3v) is 6.22. The molecule has 2 atom stereocenters. The average molecular weight is 493 g/mol. The maximum Gasteiger partial charge on any atom is 0.410 e. The summed E-state index contributed by atoms with van der Waals surface area (Å²) in [6, 6.07) is 20.8. The lowest BCUT2D eigenvalue weighted by molar-refractivity contribution is -0.137. The standard InChI is InChI=1S/C30H40N2O4/c1-5-35-28(33)20-12-18-27-26(19-13-21-32(27)29(34)36-30(2,3)4)31(22-24-14-8-6-9-15-24)23-25-16-10-7-11-17-25/h6-12,14-17,20,26-27H,5,13,18-19,21-23H2,1-4H3/b20-12+/t26-,27-/m0/s1. The molecule has 1 heterocycles. The van der Waals surface area contributed by atoms with Gasteiger partial charge in [0.25, 0.3) is 0 Å². The van der Waals surface area contributed by atoms with E-state index in [4.69, 9.17) is 9.47 Å². The number of benzene rings is 2. The summed E-state index contributed by atoms with van der Waals surface area (Å²) in [6.45, 7) is 9.95. The van der Waals surface area contributed by atoms with E-state index in [1.54, 1.807) is 6.92 Å². The van der Waals surface area contributed by atoms with Gasteiger partial charge in [-0.15, -0.1) is 0 Å². The maximum absolute atomic E-state index is 13.3. The molecule has 1 amide bonds. The number of nitrogens with zero attached hydrogens (tertiary/aromatic N) is 2. The highest BCUT2D eigenvalue weighted by atomic mass is 16.6. The van der Waals surface area contributed by atoms with Crippen molar-refractivity contribution in [2.24, 2.45) is 0 Å². The smallest absolute Gasteiger partial charge is 0.410 e. The Morgan fingerprint density at radius 3 is 2.11 bits per heavy atom. The minimum absolute atomic E-state index is 0.0959. The van der Waals surface area contributed by atoms with Crippen LogP contribution < -0.4 is 0 Å². The maximum atomic E-state index is 13.3. The minimum atomic E-state index is -0.580. The molecular formula is C30H40N2O4. The molecular weight excluding hydrogens is 452 g/mol. The number of likely N-dealkylation sites (tertiary alicyclic amines) is 1. The van der Waals surface area contributed by atoms with Crippen LogP contribution in [-0.4, -0.2) is 52.7 Å². The second kappa shape index (κ2) is 13.3. The third-order valence-electron chi connectivity index (χ3n) is 6.22. The summed E-state index contributed by atoms with van der Waals surface area (Å²) >= 11 is 0. The largest absolute Gasteiger partial charge is 0.463 e. The molecule has 0 bridgehead atoms. The topological polar surface area (TPSA) is 59.1 Å². The van der Waals surface area contributed by atoms with Crippen molar-refractivity contribution in [3.05, 3.63) is 83.9 Å². The van der Waals surface area contributed by atoms with Gasteiger partial charge in [0, 0.05) is 31.8 Å². The molecule has 2 aromatic rings.